The van der Waals surface area contributed by atoms with Crippen LogP contribution >= 0.6 is 0 Å². The molecular formula is C21H22N4O3. The Kier molecular flexibility index (Phi) is 6.06. The fraction of sp³-hybridized carbons (Fsp3) is 0.190. The lowest BCUT2D eigenvalue weighted by atomic mass is 10.2. The molecule has 0 aliphatic rings. The molecule has 0 unspecified atom stereocenters. The smallest absolute Gasteiger partial charge is 0.278 e. The largest absolute Gasteiger partial charge is 0.493 e. The molecular weight excluding hydrogens is 356 g/mol. The Bertz CT molecular complexity index is 967. The summed E-state index contributed by atoms with van der Waals surface area (Å²) in [6.45, 7) is 4.77. The molecule has 0 radical (unpaired) electrons. The molecule has 3 rings (SSSR count). The third-order valence-electron chi connectivity index (χ3n) is 4.01. The van der Waals surface area contributed by atoms with Gasteiger partial charge in [0.1, 0.15) is 5.75 Å². The summed E-state index contributed by atoms with van der Waals surface area (Å²) in [5.74, 6) is -0.277. The fourth-order valence-electron chi connectivity index (χ4n) is 2.68. The maximum atomic E-state index is 12.8. The number of carbonyl (C=O) groups is 2. The van der Waals surface area contributed by atoms with E-state index in [1.807, 2.05) is 32.0 Å². The second kappa shape index (κ2) is 8.85. The van der Waals surface area contributed by atoms with Gasteiger partial charge in [-0.1, -0.05) is 30.3 Å². The third-order valence-corrected chi connectivity index (χ3v) is 4.01. The SMILES string of the molecule is CCOc1ccccc1C(=O)Nc1cn(CC)nc1C(=O)Nc1ccccc1. The Balaban J connectivity index is 1.85. The molecule has 2 N–H and O–H groups in total. The van der Waals surface area contributed by atoms with Gasteiger partial charge in [-0.05, 0) is 38.1 Å². The first-order valence-electron chi connectivity index (χ1n) is 9.09. The molecule has 1 heterocycles. The second-order valence-corrected chi connectivity index (χ2v) is 5.95. The molecule has 1 aromatic heterocycles. The quantitative estimate of drug-likeness (QED) is 0.655. The Morgan fingerprint density at radius 2 is 1.68 bits per heavy atom. The topological polar surface area (TPSA) is 85.2 Å². The molecule has 7 nitrogen and oxygen atoms in total. The van der Waals surface area contributed by atoms with Gasteiger partial charge in [0.05, 0.1) is 17.9 Å². The summed E-state index contributed by atoms with van der Waals surface area (Å²) in [6.07, 6.45) is 1.64. The third kappa shape index (κ3) is 4.37. The maximum absolute atomic E-state index is 12.8. The molecule has 7 heteroatoms. The van der Waals surface area contributed by atoms with Gasteiger partial charge >= 0.3 is 0 Å². The minimum absolute atomic E-state index is 0.146. The molecule has 0 spiro atoms. The van der Waals surface area contributed by atoms with Crippen LogP contribution in [0.3, 0.4) is 0 Å². The standard InChI is InChI=1S/C21H22N4O3/c1-3-25-14-17(19(24-25)21(27)22-15-10-6-5-7-11-15)23-20(26)16-12-8-9-13-18(16)28-4-2/h5-14H,3-4H2,1-2H3,(H,22,27)(H,23,26). The van der Waals surface area contributed by atoms with E-state index in [1.165, 1.54) is 0 Å². The molecule has 0 aliphatic carbocycles. The highest BCUT2D eigenvalue weighted by Gasteiger charge is 2.20. The zero-order valence-electron chi connectivity index (χ0n) is 15.8. The van der Waals surface area contributed by atoms with E-state index < -0.39 is 5.91 Å². The molecule has 0 atom stereocenters. The number of rotatable bonds is 7. The van der Waals surface area contributed by atoms with E-state index in [1.54, 1.807) is 47.3 Å². The summed E-state index contributed by atoms with van der Waals surface area (Å²) in [5, 5.41) is 9.86. The minimum Gasteiger partial charge on any atom is -0.493 e. The van der Waals surface area contributed by atoms with Gasteiger partial charge in [0.2, 0.25) is 0 Å². The van der Waals surface area contributed by atoms with E-state index in [-0.39, 0.29) is 11.6 Å². The first kappa shape index (κ1) is 19.2. The average molecular weight is 378 g/mol. The van der Waals surface area contributed by atoms with E-state index >= 15 is 0 Å². The van der Waals surface area contributed by atoms with E-state index in [0.717, 1.165) is 0 Å². The van der Waals surface area contributed by atoms with Gasteiger partial charge in [0.25, 0.3) is 11.8 Å². The van der Waals surface area contributed by atoms with Gasteiger partial charge in [-0.15, -0.1) is 0 Å². The number of aryl methyl sites for hydroxylation is 1. The highest BCUT2D eigenvalue weighted by molar-refractivity contribution is 6.12. The zero-order valence-corrected chi connectivity index (χ0v) is 15.8. The normalized spacial score (nSPS) is 10.4. The van der Waals surface area contributed by atoms with Crippen molar-refractivity contribution < 1.29 is 14.3 Å². The van der Waals surface area contributed by atoms with Crippen molar-refractivity contribution in [3.8, 4) is 5.75 Å². The summed E-state index contributed by atoms with van der Waals surface area (Å²) < 4.78 is 7.12. The number of hydrogen-bond acceptors (Lipinski definition) is 4. The van der Waals surface area contributed by atoms with Gasteiger partial charge in [-0.2, -0.15) is 5.10 Å². The van der Waals surface area contributed by atoms with Crippen LogP contribution in [0.1, 0.15) is 34.7 Å². The number of benzene rings is 2. The minimum atomic E-state index is -0.396. The van der Waals surface area contributed by atoms with E-state index in [0.29, 0.717) is 35.8 Å². The van der Waals surface area contributed by atoms with Crippen molar-refractivity contribution in [2.24, 2.45) is 0 Å². The van der Waals surface area contributed by atoms with Crippen molar-refractivity contribution in [2.75, 3.05) is 17.2 Å². The summed E-state index contributed by atoms with van der Waals surface area (Å²) in [7, 11) is 0. The molecule has 144 valence electrons. The van der Waals surface area contributed by atoms with Gasteiger partial charge in [0.15, 0.2) is 5.69 Å². The molecule has 0 saturated heterocycles. The molecule has 0 aliphatic heterocycles. The number of aromatic nitrogens is 2. The predicted molar refractivity (Wildman–Crippen MR) is 108 cm³/mol. The highest BCUT2D eigenvalue weighted by Crippen LogP contribution is 2.22. The molecule has 3 aromatic rings. The predicted octanol–water partition coefficient (Wildman–Crippen LogP) is 3.81. The van der Waals surface area contributed by atoms with E-state index in [2.05, 4.69) is 15.7 Å². The first-order valence-corrected chi connectivity index (χ1v) is 9.09. The monoisotopic (exact) mass is 378 g/mol. The van der Waals surface area contributed by atoms with Crippen LogP contribution in [-0.4, -0.2) is 28.2 Å². The second-order valence-electron chi connectivity index (χ2n) is 5.95. The molecule has 2 amide bonds. The van der Waals surface area contributed by atoms with Crippen LogP contribution in [-0.2, 0) is 6.54 Å². The fourth-order valence-corrected chi connectivity index (χ4v) is 2.68. The number of hydrogen-bond donors (Lipinski definition) is 2. The summed E-state index contributed by atoms with van der Waals surface area (Å²) in [5.41, 5.74) is 1.53. The first-order chi connectivity index (χ1) is 13.6. The Morgan fingerprint density at radius 3 is 2.39 bits per heavy atom. The van der Waals surface area contributed by atoms with Gasteiger partial charge < -0.3 is 15.4 Å². The van der Waals surface area contributed by atoms with Crippen molar-refractivity contribution >= 4 is 23.2 Å². The lowest BCUT2D eigenvalue weighted by Crippen LogP contribution is -2.18. The maximum Gasteiger partial charge on any atom is 0.278 e. The molecule has 0 saturated carbocycles. The molecule has 0 bridgehead atoms. The number of amides is 2. The zero-order chi connectivity index (χ0) is 19.9. The molecule has 28 heavy (non-hydrogen) atoms. The number of carbonyl (C=O) groups excluding carboxylic acids is 2. The lowest BCUT2D eigenvalue weighted by Gasteiger charge is -2.10. The molecule has 2 aromatic carbocycles. The van der Waals surface area contributed by atoms with Crippen LogP contribution in [0, 0.1) is 0 Å². The van der Waals surface area contributed by atoms with Crippen LogP contribution < -0.4 is 15.4 Å². The average Bonchev–Trinajstić information content (AvgIpc) is 3.12. The Hall–Kier alpha value is -3.61. The van der Waals surface area contributed by atoms with Crippen LogP contribution in [0.15, 0.2) is 60.8 Å². The Labute approximate surface area is 163 Å². The van der Waals surface area contributed by atoms with Crippen LogP contribution in [0.5, 0.6) is 5.75 Å². The number of anilines is 2. The number of nitrogens with one attached hydrogen (secondary N) is 2. The summed E-state index contributed by atoms with van der Waals surface area (Å²) >= 11 is 0. The van der Waals surface area contributed by atoms with Crippen molar-refractivity contribution in [1.82, 2.24) is 9.78 Å². The highest BCUT2D eigenvalue weighted by atomic mass is 16.5. The van der Waals surface area contributed by atoms with Crippen molar-refractivity contribution in [2.45, 2.75) is 20.4 Å². The summed E-state index contributed by atoms with van der Waals surface area (Å²) in [4.78, 5) is 25.5. The van der Waals surface area contributed by atoms with Gasteiger partial charge in [0, 0.05) is 18.4 Å². The molecule has 0 fully saturated rings. The van der Waals surface area contributed by atoms with E-state index in [9.17, 15) is 9.59 Å². The summed E-state index contributed by atoms with van der Waals surface area (Å²) in [6, 6.07) is 16.1. The van der Waals surface area contributed by atoms with Crippen molar-refractivity contribution in [3.05, 3.63) is 72.1 Å². The van der Waals surface area contributed by atoms with Crippen LogP contribution in [0.4, 0.5) is 11.4 Å². The van der Waals surface area contributed by atoms with Gasteiger partial charge in [-0.25, -0.2) is 0 Å². The van der Waals surface area contributed by atoms with Gasteiger partial charge in [-0.3, -0.25) is 14.3 Å². The van der Waals surface area contributed by atoms with E-state index in [4.69, 9.17) is 4.74 Å². The van der Waals surface area contributed by atoms with Crippen LogP contribution in [0.2, 0.25) is 0 Å². The number of ether oxygens (including phenoxy) is 1. The number of nitrogens with zero attached hydrogens (tertiary/aromatic N) is 2. The van der Waals surface area contributed by atoms with Crippen molar-refractivity contribution in [3.63, 3.8) is 0 Å². The Morgan fingerprint density at radius 1 is 0.964 bits per heavy atom. The number of para-hydroxylation sites is 2. The van der Waals surface area contributed by atoms with Crippen molar-refractivity contribution in [1.29, 1.82) is 0 Å². The van der Waals surface area contributed by atoms with Crippen LogP contribution in [0.25, 0.3) is 0 Å². The lowest BCUT2D eigenvalue weighted by molar-refractivity contribution is 0.102.